The van der Waals surface area contributed by atoms with Gasteiger partial charge in [0.2, 0.25) is 0 Å². The standard InChI is InChI=1S/C15H19NOS2/c1-17-15-10-6-5-9-12(15)13(19-14(18)16-15)11-7-3-2-4-8-11/h2-4,7-8,12-13H,5-6,9-10H2,1H3,(H,16,18)/t12-,13-,15-/m1/s1. The molecule has 0 aromatic heterocycles. The fraction of sp³-hybridized carbons (Fsp3) is 0.533. The molecule has 1 saturated carbocycles. The Bertz CT molecular complexity index is 464. The van der Waals surface area contributed by atoms with Crippen molar-refractivity contribution in [2.24, 2.45) is 5.92 Å². The summed E-state index contributed by atoms with van der Waals surface area (Å²) in [6.07, 6.45) is 4.76. The van der Waals surface area contributed by atoms with E-state index < -0.39 is 0 Å². The van der Waals surface area contributed by atoms with Gasteiger partial charge in [0.15, 0.2) is 0 Å². The molecule has 0 spiro atoms. The molecule has 0 unspecified atom stereocenters. The van der Waals surface area contributed by atoms with Gasteiger partial charge in [-0.05, 0) is 24.8 Å². The van der Waals surface area contributed by atoms with Crippen LogP contribution in [0.15, 0.2) is 30.3 Å². The maximum atomic E-state index is 5.89. The SMILES string of the molecule is CO[C@]12CCCC[C@@H]1[C@@H](c1ccccc1)SC(=S)N2. The van der Waals surface area contributed by atoms with Crippen LogP contribution in [0, 0.1) is 5.92 Å². The Morgan fingerprint density at radius 3 is 2.84 bits per heavy atom. The number of fused-ring (bicyclic) bond motifs is 1. The number of benzene rings is 1. The number of hydrogen-bond acceptors (Lipinski definition) is 3. The van der Waals surface area contributed by atoms with E-state index in [2.05, 4.69) is 35.6 Å². The number of thioether (sulfide) groups is 1. The third kappa shape index (κ3) is 2.41. The van der Waals surface area contributed by atoms with E-state index in [0.717, 1.165) is 10.7 Å². The second-order valence-corrected chi connectivity index (χ2v) is 7.13. The lowest BCUT2D eigenvalue weighted by atomic mass is 9.77. The quantitative estimate of drug-likeness (QED) is 0.835. The molecule has 2 fully saturated rings. The predicted octanol–water partition coefficient (Wildman–Crippen LogP) is 3.88. The molecule has 4 heteroatoms. The van der Waals surface area contributed by atoms with Gasteiger partial charge in [-0.25, -0.2) is 0 Å². The molecule has 102 valence electrons. The summed E-state index contributed by atoms with van der Waals surface area (Å²) in [7, 11) is 1.81. The van der Waals surface area contributed by atoms with E-state index in [1.54, 1.807) is 11.8 Å². The second-order valence-electron chi connectivity index (χ2n) is 5.31. The summed E-state index contributed by atoms with van der Waals surface area (Å²) in [4.78, 5) is 0. The second kappa shape index (κ2) is 5.43. The first-order chi connectivity index (χ1) is 9.25. The van der Waals surface area contributed by atoms with Crippen LogP contribution in [0.2, 0.25) is 0 Å². The highest BCUT2D eigenvalue weighted by molar-refractivity contribution is 8.23. The normalized spacial score (nSPS) is 34.5. The number of rotatable bonds is 2. The predicted molar refractivity (Wildman–Crippen MR) is 84.2 cm³/mol. The van der Waals surface area contributed by atoms with Crippen molar-refractivity contribution in [1.29, 1.82) is 0 Å². The lowest BCUT2D eigenvalue weighted by Gasteiger charge is -2.50. The maximum Gasteiger partial charge on any atom is 0.143 e. The highest BCUT2D eigenvalue weighted by Gasteiger charge is 2.49. The summed E-state index contributed by atoms with van der Waals surface area (Å²) in [5, 5.41) is 3.87. The Morgan fingerprint density at radius 2 is 2.11 bits per heavy atom. The average Bonchev–Trinajstić information content (AvgIpc) is 2.47. The number of methoxy groups -OCH3 is 1. The number of hydrogen-bond donors (Lipinski definition) is 1. The van der Waals surface area contributed by atoms with E-state index in [1.165, 1.54) is 24.8 Å². The van der Waals surface area contributed by atoms with Crippen LogP contribution in [0.3, 0.4) is 0 Å². The molecule has 1 heterocycles. The summed E-state index contributed by atoms with van der Waals surface area (Å²) in [5.74, 6) is 0.491. The van der Waals surface area contributed by atoms with E-state index in [4.69, 9.17) is 17.0 Å². The van der Waals surface area contributed by atoms with Gasteiger partial charge in [-0.1, -0.05) is 60.7 Å². The Labute approximate surface area is 124 Å². The Hall–Kier alpha value is -0.580. The summed E-state index contributed by atoms with van der Waals surface area (Å²) in [6.45, 7) is 0. The van der Waals surface area contributed by atoms with Crippen LogP contribution < -0.4 is 5.32 Å². The average molecular weight is 293 g/mol. The van der Waals surface area contributed by atoms with Crippen molar-refractivity contribution in [3.63, 3.8) is 0 Å². The van der Waals surface area contributed by atoms with Crippen molar-refractivity contribution < 1.29 is 4.74 Å². The largest absolute Gasteiger partial charge is 0.359 e. The summed E-state index contributed by atoms with van der Waals surface area (Å²) >= 11 is 7.24. The fourth-order valence-corrected chi connectivity index (χ4v) is 5.13. The van der Waals surface area contributed by atoms with Crippen molar-refractivity contribution >= 4 is 28.3 Å². The summed E-state index contributed by atoms with van der Waals surface area (Å²) in [5.41, 5.74) is 1.12. The zero-order valence-corrected chi connectivity index (χ0v) is 12.7. The molecule has 19 heavy (non-hydrogen) atoms. The zero-order chi connectivity index (χ0) is 13.3. The molecule has 3 atom stereocenters. The minimum Gasteiger partial charge on any atom is -0.359 e. The van der Waals surface area contributed by atoms with Crippen molar-refractivity contribution in [2.75, 3.05) is 7.11 Å². The Balaban J connectivity index is 1.97. The topological polar surface area (TPSA) is 21.3 Å². The van der Waals surface area contributed by atoms with Gasteiger partial charge in [-0.3, -0.25) is 0 Å². The van der Waals surface area contributed by atoms with Gasteiger partial charge in [0.25, 0.3) is 0 Å². The molecular formula is C15H19NOS2. The molecule has 1 aliphatic heterocycles. The van der Waals surface area contributed by atoms with E-state index >= 15 is 0 Å². The highest BCUT2D eigenvalue weighted by Crippen LogP contribution is 2.51. The number of thiocarbonyl (C=S) groups is 1. The van der Waals surface area contributed by atoms with E-state index in [-0.39, 0.29) is 5.72 Å². The lowest BCUT2D eigenvalue weighted by molar-refractivity contribution is -0.0964. The molecule has 2 nitrogen and oxygen atoms in total. The third-order valence-electron chi connectivity index (χ3n) is 4.32. The molecule has 0 bridgehead atoms. The van der Waals surface area contributed by atoms with Crippen LogP contribution in [0.1, 0.15) is 36.5 Å². The molecule has 2 aliphatic rings. The Kier molecular flexibility index (Phi) is 3.83. The monoisotopic (exact) mass is 293 g/mol. The van der Waals surface area contributed by atoms with Gasteiger partial charge in [-0.15, -0.1) is 0 Å². The van der Waals surface area contributed by atoms with Crippen LogP contribution in [-0.2, 0) is 4.74 Å². The van der Waals surface area contributed by atoms with Crippen LogP contribution >= 0.6 is 24.0 Å². The van der Waals surface area contributed by atoms with E-state index in [9.17, 15) is 0 Å². The first kappa shape index (κ1) is 13.4. The van der Waals surface area contributed by atoms with Crippen molar-refractivity contribution in [1.82, 2.24) is 5.32 Å². The minimum atomic E-state index is -0.249. The fourth-order valence-electron chi connectivity index (χ4n) is 3.37. The van der Waals surface area contributed by atoms with Crippen LogP contribution in [-0.4, -0.2) is 17.2 Å². The molecule has 0 radical (unpaired) electrons. The van der Waals surface area contributed by atoms with Crippen molar-refractivity contribution in [3.05, 3.63) is 35.9 Å². The number of nitrogens with one attached hydrogen (secondary N) is 1. The summed E-state index contributed by atoms with van der Waals surface area (Å²) in [6, 6.07) is 10.7. The molecular weight excluding hydrogens is 274 g/mol. The van der Waals surface area contributed by atoms with E-state index in [0.29, 0.717) is 11.2 Å². The van der Waals surface area contributed by atoms with Crippen molar-refractivity contribution in [2.45, 2.75) is 36.7 Å². The Morgan fingerprint density at radius 1 is 1.32 bits per heavy atom. The molecule has 1 aliphatic carbocycles. The smallest absolute Gasteiger partial charge is 0.143 e. The molecule has 1 aromatic rings. The molecule has 1 aromatic carbocycles. The molecule has 0 amide bonds. The molecule has 3 rings (SSSR count). The van der Waals surface area contributed by atoms with Crippen LogP contribution in [0.5, 0.6) is 0 Å². The van der Waals surface area contributed by atoms with Crippen LogP contribution in [0.25, 0.3) is 0 Å². The van der Waals surface area contributed by atoms with Crippen molar-refractivity contribution in [3.8, 4) is 0 Å². The maximum absolute atomic E-state index is 5.89. The lowest BCUT2D eigenvalue weighted by Crippen LogP contribution is -2.59. The molecule has 1 N–H and O–H groups in total. The van der Waals surface area contributed by atoms with Gasteiger partial charge < -0.3 is 10.1 Å². The van der Waals surface area contributed by atoms with Gasteiger partial charge in [-0.2, -0.15) is 0 Å². The third-order valence-corrected chi connectivity index (χ3v) is 5.88. The van der Waals surface area contributed by atoms with Crippen LogP contribution in [0.4, 0.5) is 0 Å². The first-order valence-electron chi connectivity index (χ1n) is 6.84. The van der Waals surface area contributed by atoms with E-state index in [1.807, 2.05) is 7.11 Å². The van der Waals surface area contributed by atoms with Gasteiger partial charge in [0.1, 0.15) is 10.0 Å². The van der Waals surface area contributed by atoms with Gasteiger partial charge in [0, 0.05) is 18.3 Å². The first-order valence-corrected chi connectivity index (χ1v) is 8.13. The zero-order valence-electron chi connectivity index (χ0n) is 11.1. The minimum absolute atomic E-state index is 0.249. The van der Waals surface area contributed by atoms with Gasteiger partial charge in [0.05, 0.1) is 0 Å². The highest BCUT2D eigenvalue weighted by atomic mass is 32.2. The summed E-state index contributed by atoms with van der Waals surface area (Å²) < 4.78 is 6.76. The molecule has 1 saturated heterocycles. The number of ether oxygens (including phenoxy) is 1. The van der Waals surface area contributed by atoms with Gasteiger partial charge >= 0.3 is 0 Å².